The van der Waals surface area contributed by atoms with Gasteiger partial charge in [-0.3, -0.25) is 4.79 Å². The van der Waals surface area contributed by atoms with E-state index in [0.717, 1.165) is 0 Å². The van der Waals surface area contributed by atoms with Gasteiger partial charge >= 0.3 is 5.97 Å². The number of carbonyl (C=O) groups is 2. The van der Waals surface area contributed by atoms with Gasteiger partial charge < -0.3 is 15.0 Å². The summed E-state index contributed by atoms with van der Waals surface area (Å²) in [4.78, 5) is 25.9. The highest BCUT2D eigenvalue weighted by molar-refractivity contribution is 7.98. The largest absolute Gasteiger partial charge is 0.461 e. The predicted molar refractivity (Wildman–Crippen MR) is 72.6 cm³/mol. The number of aromatic amines is 1. The van der Waals surface area contributed by atoms with Gasteiger partial charge in [-0.25, -0.2) is 4.79 Å². The van der Waals surface area contributed by atoms with Crippen LogP contribution in [0.1, 0.15) is 23.0 Å². The molecule has 0 fully saturated rings. The molecule has 8 heteroatoms. The minimum absolute atomic E-state index is 0.0428. The molecule has 0 aliphatic carbocycles. The van der Waals surface area contributed by atoms with Crippen LogP contribution in [-0.2, 0) is 9.53 Å². The number of H-pyrrole nitrogens is 1. The van der Waals surface area contributed by atoms with Crippen LogP contribution < -0.4 is 5.32 Å². The van der Waals surface area contributed by atoms with Gasteiger partial charge in [0.2, 0.25) is 5.91 Å². The molecule has 0 aliphatic heterocycles. The van der Waals surface area contributed by atoms with Crippen LogP contribution >= 0.6 is 23.4 Å². The van der Waals surface area contributed by atoms with Crippen molar-refractivity contribution in [3.05, 3.63) is 11.3 Å². The van der Waals surface area contributed by atoms with Gasteiger partial charge in [-0.05, 0) is 13.2 Å². The number of carbonyl (C=O) groups excluding carboxylic acids is 2. The molecule has 1 amide bonds. The molecule has 0 radical (unpaired) electrons. The fourth-order valence-corrected chi connectivity index (χ4v) is 2.01. The predicted octanol–water partition coefficient (Wildman–Crippen LogP) is 1.96. The van der Waals surface area contributed by atoms with E-state index in [1.54, 1.807) is 13.2 Å². The van der Waals surface area contributed by atoms with Gasteiger partial charge in [0.15, 0.2) is 5.69 Å². The zero-order valence-electron chi connectivity index (χ0n) is 10.4. The van der Waals surface area contributed by atoms with Crippen molar-refractivity contribution in [2.45, 2.75) is 11.9 Å². The Morgan fingerprint density at radius 3 is 2.74 bits per heavy atom. The molecule has 0 saturated carbocycles. The number of hydrogen-bond acceptors (Lipinski definition) is 5. The Morgan fingerprint density at radius 2 is 2.26 bits per heavy atom. The number of ether oxygens (including phenoxy) is 1. The Labute approximate surface area is 119 Å². The van der Waals surface area contributed by atoms with Gasteiger partial charge in [-0.2, -0.15) is 5.26 Å². The first kappa shape index (κ1) is 15.4. The topological polar surface area (TPSA) is 95.0 Å². The van der Waals surface area contributed by atoms with E-state index >= 15 is 0 Å². The summed E-state index contributed by atoms with van der Waals surface area (Å²) < 4.78 is 4.87. The molecule has 0 bridgehead atoms. The fourth-order valence-electron chi connectivity index (χ4n) is 1.39. The molecule has 1 aromatic heterocycles. The number of rotatable bonds is 5. The van der Waals surface area contributed by atoms with Crippen molar-refractivity contribution >= 4 is 40.9 Å². The Balaban J connectivity index is 3.28. The number of nitrogens with zero attached hydrogens (tertiary/aromatic N) is 1. The number of alkyl halides is 1. The van der Waals surface area contributed by atoms with Crippen molar-refractivity contribution in [2.75, 3.05) is 24.1 Å². The maximum atomic E-state index is 11.8. The first-order valence-corrected chi connectivity index (χ1v) is 7.07. The zero-order valence-corrected chi connectivity index (χ0v) is 11.9. The highest BCUT2D eigenvalue weighted by Gasteiger charge is 2.24. The smallest absolute Gasteiger partial charge is 0.356 e. The molecule has 0 aliphatic rings. The summed E-state index contributed by atoms with van der Waals surface area (Å²) in [5, 5.41) is 12.0. The number of halogens is 1. The van der Waals surface area contributed by atoms with Crippen LogP contribution in [0.25, 0.3) is 0 Å². The fraction of sp³-hybridized carbons (Fsp3) is 0.364. The van der Waals surface area contributed by atoms with E-state index in [9.17, 15) is 9.59 Å². The highest BCUT2D eigenvalue weighted by atomic mass is 35.5. The number of nitrogens with one attached hydrogen (secondary N) is 2. The summed E-state index contributed by atoms with van der Waals surface area (Å²) in [5.41, 5.74) is 0.339. The van der Waals surface area contributed by atoms with E-state index in [1.807, 2.05) is 6.07 Å². The second-order valence-electron chi connectivity index (χ2n) is 3.30. The molecule has 0 aromatic carbocycles. The zero-order chi connectivity index (χ0) is 14.4. The van der Waals surface area contributed by atoms with Crippen LogP contribution in [0, 0.1) is 11.3 Å². The van der Waals surface area contributed by atoms with E-state index < -0.39 is 11.9 Å². The van der Waals surface area contributed by atoms with E-state index in [4.69, 9.17) is 21.6 Å². The SMILES string of the molecule is CCOC(=O)c1[nH]c(SC)c(C#N)c1NC(=O)CCl. The third kappa shape index (κ3) is 3.43. The molecule has 0 saturated heterocycles. The second-order valence-corrected chi connectivity index (χ2v) is 4.38. The van der Waals surface area contributed by atoms with Crippen LogP contribution in [0.2, 0.25) is 0 Å². The van der Waals surface area contributed by atoms with Gasteiger partial charge in [-0.1, -0.05) is 0 Å². The van der Waals surface area contributed by atoms with Crippen molar-refractivity contribution in [3.8, 4) is 6.07 Å². The van der Waals surface area contributed by atoms with Crippen LogP contribution in [0.15, 0.2) is 5.03 Å². The van der Waals surface area contributed by atoms with Gasteiger partial charge in [0.05, 0.1) is 17.3 Å². The molecule has 2 N–H and O–H groups in total. The summed E-state index contributed by atoms with van der Waals surface area (Å²) >= 11 is 6.66. The minimum Gasteiger partial charge on any atom is -0.461 e. The summed E-state index contributed by atoms with van der Waals surface area (Å²) in [5.74, 6) is -1.41. The Kier molecular flexibility index (Phi) is 5.73. The number of hydrogen-bond donors (Lipinski definition) is 2. The Hall–Kier alpha value is -1.65. The Morgan fingerprint density at radius 1 is 1.58 bits per heavy atom. The number of nitriles is 1. The highest BCUT2D eigenvalue weighted by Crippen LogP contribution is 2.30. The number of amides is 1. The summed E-state index contributed by atoms with van der Waals surface area (Å²) in [6, 6.07) is 1.94. The van der Waals surface area contributed by atoms with E-state index in [2.05, 4.69) is 10.3 Å². The molecule has 0 unspecified atom stereocenters. The van der Waals surface area contributed by atoms with Gasteiger partial charge in [0.25, 0.3) is 0 Å². The van der Waals surface area contributed by atoms with Crippen LogP contribution in [0.5, 0.6) is 0 Å². The molecule has 102 valence electrons. The quantitative estimate of drug-likeness (QED) is 0.492. The molecule has 0 spiro atoms. The maximum absolute atomic E-state index is 11.8. The normalized spacial score (nSPS) is 9.79. The van der Waals surface area contributed by atoms with Crippen LogP contribution in [0.3, 0.4) is 0 Å². The second kappa shape index (κ2) is 7.07. The Bertz CT molecular complexity index is 536. The molecule has 6 nitrogen and oxygen atoms in total. The lowest BCUT2D eigenvalue weighted by molar-refractivity contribution is -0.113. The molecule has 1 aromatic rings. The number of esters is 1. The third-order valence-corrected chi connectivity index (χ3v) is 3.10. The summed E-state index contributed by atoms with van der Waals surface area (Å²) in [6.45, 7) is 1.86. The molecule has 19 heavy (non-hydrogen) atoms. The van der Waals surface area contributed by atoms with Crippen molar-refractivity contribution < 1.29 is 14.3 Å². The lowest BCUT2D eigenvalue weighted by Gasteiger charge is -2.05. The van der Waals surface area contributed by atoms with Gasteiger partial charge in [-0.15, -0.1) is 23.4 Å². The number of anilines is 1. The minimum atomic E-state index is -0.635. The number of aromatic nitrogens is 1. The summed E-state index contributed by atoms with van der Waals surface area (Å²) in [7, 11) is 0. The van der Waals surface area contributed by atoms with Crippen molar-refractivity contribution in [2.24, 2.45) is 0 Å². The van der Waals surface area contributed by atoms with E-state index in [-0.39, 0.29) is 29.4 Å². The molecular formula is C11H12ClN3O3S. The van der Waals surface area contributed by atoms with Gasteiger partial charge in [0, 0.05) is 0 Å². The lowest BCUT2D eigenvalue weighted by atomic mass is 10.2. The summed E-state index contributed by atoms with van der Waals surface area (Å²) in [6.07, 6.45) is 1.74. The average molecular weight is 302 g/mol. The third-order valence-electron chi connectivity index (χ3n) is 2.15. The molecular weight excluding hydrogens is 290 g/mol. The maximum Gasteiger partial charge on any atom is 0.356 e. The van der Waals surface area contributed by atoms with E-state index in [1.165, 1.54) is 11.8 Å². The van der Waals surface area contributed by atoms with Crippen molar-refractivity contribution in [1.82, 2.24) is 4.98 Å². The standard InChI is InChI=1S/C11H12ClN3O3S/c1-3-18-11(17)9-8(14-7(16)4-12)6(5-13)10(15-9)19-2/h15H,3-4H2,1-2H3,(H,14,16). The molecule has 0 atom stereocenters. The van der Waals surface area contributed by atoms with Crippen molar-refractivity contribution in [1.29, 1.82) is 5.26 Å². The monoisotopic (exact) mass is 301 g/mol. The van der Waals surface area contributed by atoms with Crippen LogP contribution in [-0.4, -0.2) is 35.6 Å². The lowest BCUT2D eigenvalue weighted by Crippen LogP contribution is -2.16. The van der Waals surface area contributed by atoms with Crippen LogP contribution in [0.4, 0.5) is 5.69 Å². The average Bonchev–Trinajstić information content (AvgIpc) is 2.76. The van der Waals surface area contributed by atoms with Crippen molar-refractivity contribution in [3.63, 3.8) is 0 Å². The molecule has 1 rings (SSSR count). The van der Waals surface area contributed by atoms with E-state index in [0.29, 0.717) is 5.03 Å². The van der Waals surface area contributed by atoms with Gasteiger partial charge in [0.1, 0.15) is 17.5 Å². The first-order valence-electron chi connectivity index (χ1n) is 5.31. The number of thioether (sulfide) groups is 1. The first-order chi connectivity index (χ1) is 9.08. The molecule has 1 heterocycles.